The molecule has 0 atom stereocenters. The number of hydrogen-bond acceptors (Lipinski definition) is 5. The van der Waals surface area contributed by atoms with Crippen molar-refractivity contribution in [2.45, 2.75) is 13.3 Å². The molecule has 28 heavy (non-hydrogen) atoms. The smallest absolute Gasteiger partial charge is 0.342 e. The topological polar surface area (TPSA) is 81.7 Å². The number of benzene rings is 2. The van der Waals surface area contributed by atoms with Crippen LogP contribution in [0.25, 0.3) is 0 Å². The second kappa shape index (κ2) is 9.78. The second-order valence-corrected chi connectivity index (χ2v) is 6.78. The highest BCUT2D eigenvalue weighted by Gasteiger charge is 2.19. The minimum absolute atomic E-state index is 0.0175. The minimum atomic E-state index is -0.805. The molecule has 6 nitrogen and oxygen atoms in total. The highest BCUT2D eigenvalue weighted by atomic mass is 35.5. The summed E-state index contributed by atoms with van der Waals surface area (Å²) >= 11 is 17.8. The molecular weight excluding hydrogens is 429 g/mol. The molecule has 0 saturated carbocycles. The average molecular weight is 445 g/mol. The van der Waals surface area contributed by atoms with E-state index in [-0.39, 0.29) is 39.2 Å². The number of anilines is 1. The molecule has 0 aromatic heterocycles. The lowest BCUT2D eigenvalue weighted by molar-refractivity contribution is -0.115. The number of hydrogen-bond donors (Lipinski definition) is 1. The van der Waals surface area contributed by atoms with Crippen LogP contribution in [-0.2, 0) is 9.53 Å². The summed E-state index contributed by atoms with van der Waals surface area (Å²) in [4.78, 5) is 36.1. The van der Waals surface area contributed by atoms with Crippen molar-refractivity contribution in [1.29, 1.82) is 0 Å². The van der Waals surface area contributed by atoms with Crippen LogP contribution in [0.2, 0.25) is 15.1 Å². The highest BCUT2D eigenvalue weighted by Crippen LogP contribution is 2.31. The summed E-state index contributed by atoms with van der Waals surface area (Å²) in [5, 5.41) is 3.26. The molecule has 2 aromatic carbocycles. The van der Waals surface area contributed by atoms with Gasteiger partial charge in [-0.25, -0.2) is 4.79 Å². The molecule has 0 saturated heterocycles. The Balaban J connectivity index is 2.14. The number of ether oxygens (including phenoxy) is 2. The Morgan fingerprint density at radius 1 is 1.00 bits per heavy atom. The van der Waals surface area contributed by atoms with Crippen LogP contribution in [0.5, 0.6) is 5.75 Å². The third-order valence-corrected chi connectivity index (χ3v) is 4.73. The molecule has 0 aliphatic rings. The summed E-state index contributed by atoms with van der Waals surface area (Å²) in [5.74, 6) is -1.36. The van der Waals surface area contributed by atoms with Crippen LogP contribution in [-0.4, -0.2) is 31.4 Å². The summed E-state index contributed by atoms with van der Waals surface area (Å²) in [6.45, 7) is 1.18. The summed E-state index contributed by atoms with van der Waals surface area (Å²) in [6, 6.07) is 7.06. The predicted molar refractivity (Wildman–Crippen MR) is 108 cm³/mol. The molecule has 0 bridgehead atoms. The number of esters is 1. The fourth-order valence-electron chi connectivity index (χ4n) is 2.18. The van der Waals surface area contributed by atoms with E-state index in [1.165, 1.54) is 37.4 Å². The number of nitrogens with one attached hydrogen (secondary N) is 1. The molecule has 2 rings (SSSR count). The SMILES string of the molecule is CCC(=O)Nc1cc(OC)c(C(=O)OCC(=O)c2ccc(Cl)c(Cl)c2)cc1Cl. The van der Waals surface area contributed by atoms with E-state index in [1.807, 2.05) is 0 Å². The summed E-state index contributed by atoms with van der Waals surface area (Å²) in [5.41, 5.74) is 0.572. The van der Waals surface area contributed by atoms with Crippen molar-refractivity contribution in [2.75, 3.05) is 19.0 Å². The number of Topliss-reactive ketones (excluding diaryl/α,β-unsaturated/α-hetero) is 1. The van der Waals surface area contributed by atoms with Gasteiger partial charge in [0, 0.05) is 18.1 Å². The van der Waals surface area contributed by atoms with Gasteiger partial charge in [0.25, 0.3) is 0 Å². The van der Waals surface area contributed by atoms with Gasteiger partial charge in [0.1, 0.15) is 11.3 Å². The van der Waals surface area contributed by atoms with Gasteiger partial charge in [-0.05, 0) is 24.3 Å². The Morgan fingerprint density at radius 2 is 1.71 bits per heavy atom. The molecule has 0 aliphatic carbocycles. The zero-order valence-corrected chi connectivity index (χ0v) is 17.2. The van der Waals surface area contributed by atoms with Gasteiger partial charge in [0.05, 0.1) is 27.9 Å². The highest BCUT2D eigenvalue weighted by molar-refractivity contribution is 6.42. The molecule has 0 aliphatic heterocycles. The van der Waals surface area contributed by atoms with Crippen molar-refractivity contribution < 1.29 is 23.9 Å². The molecule has 9 heteroatoms. The average Bonchev–Trinajstić information content (AvgIpc) is 2.68. The third kappa shape index (κ3) is 5.38. The molecule has 0 heterocycles. The van der Waals surface area contributed by atoms with E-state index in [0.717, 1.165) is 0 Å². The molecule has 1 amide bonds. The van der Waals surface area contributed by atoms with Crippen molar-refractivity contribution in [3.63, 3.8) is 0 Å². The molecule has 0 spiro atoms. The van der Waals surface area contributed by atoms with Crippen LogP contribution in [0.4, 0.5) is 5.69 Å². The molecule has 0 unspecified atom stereocenters. The molecule has 0 fully saturated rings. The van der Waals surface area contributed by atoms with Crippen molar-refractivity contribution in [3.8, 4) is 5.75 Å². The van der Waals surface area contributed by atoms with Crippen molar-refractivity contribution in [2.24, 2.45) is 0 Å². The molecule has 2 aromatic rings. The van der Waals surface area contributed by atoms with Crippen LogP contribution in [0.1, 0.15) is 34.1 Å². The Morgan fingerprint density at radius 3 is 2.32 bits per heavy atom. The fraction of sp³-hybridized carbons (Fsp3) is 0.211. The molecule has 1 N–H and O–H groups in total. The van der Waals surface area contributed by atoms with E-state index in [4.69, 9.17) is 44.3 Å². The predicted octanol–water partition coefficient (Wildman–Crippen LogP) is 5.04. The zero-order chi connectivity index (χ0) is 20.8. The number of ketones is 1. The Labute approximate surface area is 176 Å². The first-order chi connectivity index (χ1) is 13.3. The quantitative estimate of drug-likeness (QED) is 0.478. The Hall–Kier alpha value is -2.28. The number of rotatable bonds is 7. The van der Waals surface area contributed by atoms with Gasteiger partial charge < -0.3 is 14.8 Å². The van der Waals surface area contributed by atoms with E-state index >= 15 is 0 Å². The van der Waals surface area contributed by atoms with Crippen molar-refractivity contribution in [1.82, 2.24) is 0 Å². The van der Waals surface area contributed by atoms with E-state index in [0.29, 0.717) is 10.7 Å². The van der Waals surface area contributed by atoms with Crippen molar-refractivity contribution in [3.05, 3.63) is 56.5 Å². The van der Waals surface area contributed by atoms with Gasteiger partial charge in [0.2, 0.25) is 5.91 Å². The van der Waals surface area contributed by atoms with Crippen LogP contribution in [0, 0.1) is 0 Å². The van der Waals surface area contributed by atoms with Crippen LogP contribution < -0.4 is 10.1 Å². The summed E-state index contributed by atoms with van der Waals surface area (Å²) in [7, 11) is 1.35. The third-order valence-electron chi connectivity index (χ3n) is 3.68. The van der Waals surface area contributed by atoms with Crippen LogP contribution in [0.3, 0.4) is 0 Å². The lowest BCUT2D eigenvalue weighted by atomic mass is 10.1. The standard InChI is InChI=1S/C19H16Cl3NO5/c1-3-18(25)23-15-8-17(27-2)11(7-14(15)22)19(26)28-9-16(24)10-4-5-12(20)13(21)6-10/h4-8H,3,9H2,1-2H3,(H,23,25). The first-order valence-electron chi connectivity index (χ1n) is 8.09. The van der Waals surface area contributed by atoms with Gasteiger partial charge in [-0.2, -0.15) is 0 Å². The minimum Gasteiger partial charge on any atom is -0.496 e. The zero-order valence-electron chi connectivity index (χ0n) is 15.0. The van der Waals surface area contributed by atoms with Gasteiger partial charge >= 0.3 is 5.97 Å². The number of amides is 1. The van der Waals surface area contributed by atoms with E-state index in [9.17, 15) is 14.4 Å². The number of carbonyl (C=O) groups excluding carboxylic acids is 3. The fourth-order valence-corrected chi connectivity index (χ4v) is 2.69. The van der Waals surface area contributed by atoms with Gasteiger partial charge in [-0.15, -0.1) is 0 Å². The van der Waals surface area contributed by atoms with E-state index < -0.39 is 18.4 Å². The Kier molecular flexibility index (Phi) is 7.69. The Bertz CT molecular complexity index is 930. The maximum Gasteiger partial charge on any atom is 0.342 e. The molecule has 0 radical (unpaired) electrons. The van der Waals surface area contributed by atoms with Gasteiger partial charge in [0.15, 0.2) is 12.4 Å². The monoisotopic (exact) mass is 443 g/mol. The molecular formula is C19H16Cl3NO5. The van der Waals surface area contributed by atoms with Gasteiger partial charge in [-0.1, -0.05) is 41.7 Å². The summed E-state index contributed by atoms with van der Waals surface area (Å²) in [6.07, 6.45) is 0.263. The first kappa shape index (κ1) is 22.0. The van der Waals surface area contributed by atoms with Gasteiger partial charge in [-0.3, -0.25) is 9.59 Å². The van der Waals surface area contributed by atoms with E-state index in [1.54, 1.807) is 6.92 Å². The lowest BCUT2D eigenvalue weighted by Gasteiger charge is -2.13. The normalized spacial score (nSPS) is 10.3. The largest absolute Gasteiger partial charge is 0.496 e. The number of halogens is 3. The second-order valence-electron chi connectivity index (χ2n) is 5.56. The van der Waals surface area contributed by atoms with Crippen molar-refractivity contribution >= 4 is 58.1 Å². The maximum absolute atomic E-state index is 12.4. The first-order valence-corrected chi connectivity index (χ1v) is 9.23. The van der Waals surface area contributed by atoms with E-state index in [2.05, 4.69) is 5.32 Å². The number of methoxy groups -OCH3 is 1. The van der Waals surface area contributed by atoms with Crippen LogP contribution >= 0.6 is 34.8 Å². The number of carbonyl (C=O) groups is 3. The molecule has 148 valence electrons. The lowest BCUT2D eigenvalue weighted by Crippen LogP contribution is -2.16. The summed E-state index contributed by atoms with van der Waals surface area (Å²) < 4.78 is 10.2. The van der Waals surface area contributed by atoms with Crippen LogP contribution in [0.15, 0.2) is 30.3 Å². The maximum atomic E-state index is 12.4.